The van der Waals surface area contributed by atoms with Gasteiger partial charge in [-0.1, -0.05) is 0 Å². The second-order valence-electron chi connectivity index (χ2n) is 3.65. The van der Waals surface area contributed by atoms with E-state index in [4.69, 9.17) is 14.2 Å². The summed E-state index contributed by atoms with van der Waals surface area (Å²) in [5.41, 5.74) is 0. The molecule has 1 fully saturated rings. The molecule has 1 saturated carbocycles. The minimum absolute atomic E-state index is 0.0794. The van der Waals surface area contributed by atoms with Gasteiger partial charge in [-0.25, -0.2) is 0 Å². The Kier molecular flexibility index (Phi) is 6.15. The molecule has 3 heteroatoms. The zero-order chi connectivity index (χ0) is 10.2. The number of rotatable bonds is 9. The van der Waals surface area contributed by atoms with Gasteiger partial charge in [-0.3, -0.25) is 0 Å². The summed E-state index contributed by atoms with van der Waals surface area (Å²) in [5.74, 6) is 0.840. The predicted octanol–water partition coefficient (Wildman–Crippen LogP) is 2.20. The van der Waals surface area contributed by atoms with E-state index in [9.17, 15) is 0 Å². The van der Waals surface area contributed by atoms with E-state index in [0.717, 1.165) is 25.6 Å². The van der Waals surface area contributed by atoms with Gasteiger partial charge in [0.05, 0.1) is 6.61 Å². The highest BCUT2D eigenvalue weighted by Crippen LogP contribution is 2.28. The fourth-order valence-corrected chi connectivity index (χ4v) is 1.30. The Hall–Kier alpha value is -0.120. The van der Waals surface area contributed by atoms with E-state index in [1.807, 2.05) is 13.8 Å². The molecule has 0 saturated heterocycles. The smallest absolute Gasteiger partial charge is 0.159 e. The Morgan fingerprint density at radius 1 is 1.14 bits per heavy atom. The van der Waals surface area contributed by atoms with Gasteiger partial charge in [0.15, 0.2) is 6.29 Å². The van der Waals surface area contributed by atoms with Crippen LogP contribution in [0.4, 0.5) is 0 Å². The molecule has 0 heterocycles. The number of hydrogen-bond donors (Lipinski definition) is 0. The SMILES string of the molecule is CCOC(CCOCC1CC1)OCC. The van der Waals surface area contributed by atoms with Crippen LogP contribution in [0.3, 0.4) is 0 Å². The van der Waals surface area contributed by atoms with E-state index >= 15 is 0 Å². The normalized spacial score (nSPS) is 16.5. The molecule has 1 rings (SSSR count). The van der Waals surface area contributed by atoms with E-state index in [0.29, 0.717) is 13.2 Å². The molecule has 0 amide bonds. The van der Waals surface area contributed by atoms with E-state index < -0.39 is 0 Å². The van der Waals surface area contributed by atoms with Crippen molar-refractivity contribution < 1.29 is 14.2 Å². The highest BCUT2D eigenvalue weighted by molar-refractivity contribution is 4.71. The third-order valence-electron chi connectivity index (χ3n) is 2.25. The van der Waals surface area contributed by atoms with Gasteiger partial charge in [-0.2, -0.15) is 0 Å². The van der Waals surface area contributed by atoms with Crippen LogP contribution in [0.2, 0.25) is 0 Å². The van der Waals surface area contributed by atoms with Gasteiger partial charge in [0, 0.05) is 26.2 Å². The first-order valence-electron chi connectivity index (χ1n) is 5.67. The molecule has 84 valence electrons. The van der Waals surface area contributed by atoms with Crippen molar-refractivity contribution in [2.75, 3.05) is 26.4 Å². The summed E-state index contributed by atoms with van der Waals surface area (Å²) in [6, 6.07) is 0. The predicted molar refractivity (Wildman–Crippen MR) is 55.2 cm³/mol. The molecule has 0 atom stereocenters. The summed E-state index contributed by atoms with van der Waals surface area (Å²) in [6.45, 7) is 7.04. The van der Waals surface area contributed by atoms with E-state index in [-0.39, 0.29) is 6.29 Å². The molecular weight excluding hydrogens is 180 g/mol. The fraction of sp³-hybridized carbons (Fsp3) is 1.00. The first kappa shape index (κ1) is 12.0. The van der Waals surface area contributed by atoms with Gasteiger partial charge in [0.25, 0.3) is 0 Å². The molecule has 0 unspecified atom stereocenters. The number of ether oxygens (including phenoxy) is 3. The van der Waals surface area contributed by atoms with Gasteiger partial charge < -0.3 is 14.2 Å². The van der Waals surface area contributed by atoms with E-state index in [1.54, 1.807) is 0 Å². The zero-order valence-electron chi connectivity index (χ0n) is 9.33. The highest BCUT2D eigenvalue weighted by atomic mass is 16.7. The van der Waals surface area contributed by atoms with Crippen LogP contribution in [0.25, 0.3) is 0 Å². The Balaban J connectivity index is 1.93. The first-order chi connectivity index (χ1) is 6.86. The van der Waals surface area contributed by atoms with Gasteiger partial charge in [0.2, 0.25) is 0 Å². The Morgan fingerprint density at radius 2 is 1.79 bits per heavy atom. The quantitative estimate of drug-likeness (QED) is 0.424. The molecule has 1 aliphatic carbocycles. The Morgan fingerprint density at radius 3 is 2.29 bits per heavy atom. The van der Waals surface area contributed by atoms with Crippen molar-refractivity contribution in [3.8, 4) is 0 Å². The average Bonchev–Trinajstić information content (AvgIpc) is 2.96. The molecule has 0 spiro atoms. The van der Waals surface area contributed by atoms with Gasteiger partial charge >= 0.3 is 0 Å². The van der Waals surface area contributed by atoms with Crippen LogP contribution in [-0.4, -0.2) is 32.7 Å². The van der Waals surface area contributed by atoms with Crippen molar-refractivity contribution in [2.24, 2.45) is 5.92 Å². The van der Waals surface area contributed by atoms with Crippen LogP contribution in [0.1, 0.15) is 33.1 Å². The third kappa shape index (κ3) is 5.58. The Labute approximate surface area is 86.7 Å². The van der Waals surface area contributed by atoms with Crippen LogP contribution < -0.4 is 0 Å². The molecule has 0 aliphatic heterocycles. The largest absolute Gasteiger partial charge is 0.381 e. The van der Waals surface area contributed by atoms with Crippen molar-refractivity contribution in [3.63, 3.8) is 0 Å². The molecule has 0 bridgehead atoms. The summed E-state index contributed by atoms with van der Waals surface area (Å²) >= 11 is 0. The Bertz CT molecular complexity index is 128. The summed E-state index contributed by atoms with van der Waals surface area (Å²) < 4.78 is 16.3. The summed E-state index contributed by atoms with van der Waals surface area (Å²) in [4.78, 5) is 0. The standard InChI is InChI=1S/C11H22O3/c1-3-13-11(14-4-2)7-8-12-9-10-5-6-10/h10-11H,3-9H2,1-2H3. The van der Waals surface area contributed by atoms with Gasteiger partial charge in [-0.05, 0) is 32.6 Å². The van der Waals surface area contributed by atoms with Gasteiger partial charge in [-0.15, -0.1) is 0 Å². The van der Waals surface area contributed by atoms with Crippen molar-refractivity contribution >= 4 is 0 Å². The second-order valence-corrected chi connectivity index (χ2v) is 3.65. The van der Waals surface area contributed by atoms with Crippen molar-refractivity contribution in [3.05, 3.63) is 0 Å². The molecule has 0 aromatic rings. The van der Waals surface area contributed by atoms with E-state index in [2.05, 4.69) is 0 Å². The molecular formula is C11H22O3. The van der Waals surface area contributed by atoms with Crippen LogP contribution in [0, 0.1) is 5.92 Å². The molecule has 0 radical (unpaired) electrons. The zero-order valence-corrected chi connectivity index (χ0v) is 9.33. The maximum Gasteiger partial charge on any atom is 0.159 e. The number of hydrogen-bond acceptors (Lipinski definition) is 3. The lowest BCUT2D eigenvalue weighted by molar-refractivity contribution is -0.146. The molecule has 0 N–H and O–H groups in total. The second kappa shape index (κ2) is 7.21. The molecule has 1 aliphatic rings. The first-order valence-corrected chi connectivity index (χ1v) is 5.67. The van der Waals surface area contributed by atoms with Gasteiger partial charge in [0.1, 0.15) is 0 Å². The third-order valence-corrected chi connectivity index (χ3v) is 2.25. The topological polar surface area (TPSA) is 27.7 Å². The lowest BCUT2D eigenvalue weighted by Gasteiger charge is -2.16. The molecule has 0 aromatic heterocycles. The maximum atomic E-state index is 5.52. The van der Waals surface area contributed by atoms with Crippen molar-refractivity contribution in [1.82, 2.24) is 0 Å². The van der Waals surface area contributed by atoms with E-state index in [1.165, 1.54) is 12.8 Å². The summed E-state index contributed by atoms with van der Waals surface area (Å²) in [5, 5.41) is 0. The summed E-state index contributed by atoms with van der Waals surface area (Å²) in [6.07, 6.45) is 3.46. The molecule has 3 nitrogen and oxygen atoms in total. The molecule has 0 aromatic carbocycles. The fourth-order valence-electron chi connectivity index (χ4n) is 1.30. The minimum atomic E-state index is -0.0794. The van der Waals surface area contributed by atoms with Crippen LogP contribution in [-0.2, 0) is 14.2 Å². The lowest BCUT2D eigenvalue weighted by Crippen LogP contribution is -2.19. The maximum absolute atomic E-state index is 5.52. The van der Waals surface area contributed by atoms with Crippen LogP contribution >= 0.6 is 0 Å². The highest BCUT2D eigenvalue weighted by Gasteiger charge is 2.21. The average molecular weight is 202 g/mol. The lowest BCUT2D eigenvalue weighted by atomic mass is 10.4. The van der Waals surface area contributed by atoms with Crippen molar-refractivity contribution in [2.45, 2.75) is 39.4 Å². The summed E-state index contributed by atoms with van der Waals surface area (Å²) in [7, 11) is 0. The monoisotopic (exact) mass is 202 g/mol. The van der Waals surface area contributed by atoms with Crippen LogP contribution in [0.15, 0.2) is 0 Å². The molecule has 14 heavy (non-hydrogen) atoms. The minimum Gasteiger partial charge on any atom is -0.381 e. The van der Waals surface area contributed by atoms with Crippen LogP contribution in [0.5, 0.6) is 0 Å². The van der Waals surface area contributed by atoms with Crippen molar-refractivity contribution in [1.29, 1.82) is 0 Å².